The lowest BCUT2D eigenvalue weighted by Gasteiger charge is -2.28. The summed E-state index contributed by atoms with van der Waals surface area (Å²) in [5, 5.41) is 7.34. The molecule has 0 saturated heterocycles. The van der Waals surface area contributed by atoms with Crippen molar-refractivity contribution in [3.05, 3.63) is 45.7 Å². The minimum Gasteiger partial charge on any atom is -0.459 e. The number of nitrogens with zero attached hydrogens (tertiary/aromatic N) is 3. The predicted molar refractivity (Wildman–Crippen MR) is 110 cm³/mol. The largest absolute Gasteiger partial charge is 0.459 e. The summed E-state index contributed by atoms with van der Waals surface area (Å²) in [5.41, 5.74) is 2.49. The quantitative estimate of drug-likeness (QED) is 0.725. The van der Waals surface area contributed by atoms with Crippen LogP contribution in [0.25, 0.3) is 0 Å². The van der Waals surface area contributed by atoms with Crippen LogP contribution in [0.5, 0.6) is 0 Å². The van der Waals surface area contributed by atoms with Gasteiger partial charge in [0.2, 0.25) is 0 Å². The molecule has 1 aliphatic rings. The van der Waals surface area contributed by atoms with Gasteiger partial charge in [-0.25, -0.2) is 0 Å². The van der Waals surface area contributed by atoms with Gasteiger partial charge in [0.25, 0.3) is 5.91 Å². The molecule has 1 aromatic carbocycles. The van der Waals surface area contributed by atoms with E-state index < -0.39 is 5.60 Å². The van der Waals surface area contributed by atoms with E-state index in [-0.39, 0.29) is 18.4 Å². The highest BCUT2D eigenvalue weighted by molar-refractivity contribution is 9.10. The van der Waals surface area contributed by atoms with E-state index in [1.807, 2.05) is 55.5 Å². The average Bonchev–Trinajstić information content (AvgIpc) is 3.00. The molecule has 0 unspecified atom stereocenters. The minimum atomic E-state index is -0.496. The minimum absolute atomic E-state index is 0.223. The van der Waals surface area contributed by atoms with Crippen molar-refractivity contribution in [1.29, 1.82) is 0 Å². The summed E-state index contributed by atoms with van der Waals surface area (Å²) in [6, 6.07) is 7.44. The lowest BCUT2D eigenvalue weighted by molar-refractivity contribution is -0.156. The molecule has 1 amide bonds. The molecule has 2 heterocycles. The van der Waals surface area contributed by atoms with E-state index in [4.69, 9.17) is 4.74 Å². The third kappa shape index (κ3) is 4.99. The number of ether oxygens (including phenoxy) is 1. The molecule has 0 aliphatic carbocycles. The van der Waals surface area contributed by atoms with Gasteiger partial charge in [0.15, 0.2) is 5.69 Å². The van der Waals surface area contributed by atoms with Crippen LogP contribution in [0.3, 0.4) is 0 Å². The molecule has 8 heteroatoms. The zero-order valence-electron chi connectivity index (χ0n) is 16.6. The summed E-state index contributed by atoms with van der Waals surface area (Å²) in [6.07, 6.45) is 0. The third-order valence-electron chi connectivity index (χ3n) is 4.40. The van der Waals surface area contributed by atoms with Crippen molar-refractivity contribution < 1.29 is 14.3 Å². The van der Waals surface area contributed by atoms with Crippen LogP contribution in [0.2, 0.25) is 0 Å². The van der Waals surface area contributed by atoms with Gasteiger partial charge in [-0.3, -0.25) is 19.2 Å². The van der Waals surface area contributed by atoms with Gasteiger partial charge in [-0.05, 0) is 51.5 Å². The molecule has 1 aliphatic heterocycles. The first kappa shape index (κ1) is 20.5. The topological polar surface area (TPSA) is 76.5 Å². The van der Waals surface area contributed by atoms with E-state index in [0.717, 1.165) is 21.4 Å². The first-order valence-electron chi connectivity index (χ1n) is 9.20. The number of amides is 1. The number of carbonyl (C=O) groups excluding carboxylic acids is 2. The molecule has 7 nitrogen and oxygen atoms in total. The molecular weight excluding hydrogens is 424 g/mol. The molecule has 0 bridgehead atoms. The number of esters is 1. The molecule has 0 spiro atoms. The summed E-state index contributed by atoms with van der Waals surface area (Å²) in [6.45, 7) is 9.58. The van der Waals surface area contributed by atoms with E-state index >= 15 is 0 Å². The van der Waals surface area contributed by atoms with Crippen LogP contribution in [0.1, 0.15) is 42.5 Å². The van der Waals surface area contributed by atoms with E-state index in [1.165, 1.54) is 0 Å². The normalized spacial score (nSPS) is 14.5. The number of nitrogens with one attached hydrogen (secondary N) is 1. The molecule has 2 aromatic rings. The van der Waals surface area contributed by atoms with Crippen LogP contribution in [0, 0.1) is 6.92 Å². The van der Waals surface area contributed by atoms with Crippen LogP contribution in [0.15, 0.2) is 28.7 Å². The first-order valence-corrected chi connectivity index (χ1v) is 9.99. The number of hydrogen-bond acceptors (Lipinski definition) is 5. The smallest absolute Gasteiger partial charge is 0.320 e. The maximum Gasteiger partial charge on any atom is 0.320 e. The molecule has 0 fully saturated rings. The zero-order chi connectivity index (χ0) is 20.5. The van der Waals surface area contributed by atoms with E-state index in [1.54, 1.807) is 6.07 Å². The molecule has 0 radical (unpaired) electrons. The fraction of sp³-hybridized carbons (Fsp3) is 0.450. The van der Waals surface area contributed by atoms with Gasteiger partial charge in [0.05, 0.1) is 18.8 Å². The Morgan fingerprint density at radius 2 is 2.04 bits per heavy atom. The van der Waals surface area contributed by atoms with Crippen LogP contribution >= 0.6 is 15.9 Å². The summed E-state index contributed by atoms with van der Waals surface area (Å²) < 4.78 is 8.15. The fourth-order valence-electron chi connectivity index (χ4n) is 3.05. The molecule has 1 N–H and O–H groups in total. The fourth-order valence-corrected chi connectivity index (χ4v) is 3.42. The van der Waals surface area contributed by atoms with Gasteiger partial charge >= 0.3 is 5.97 Å². The van der Waals surface area contributed by atoms with Crippen molar-refractivity contribution >= 4 is 33.5 Å². The Morgan fingerprint density at radius 3 is 2.75 bits per heavy atom. The number of rotatable bonds is 4. The summed E-state index contributed by atoms with van der Waals surface area (Å²) >= 11 is 3.47. The Balaban J connectivity index is 1.65. The molecular formula is C20H25BrN4O3. The van der Waals surface area contributed by atoms with Crippen LogP contribution in [-0.4, -0.2) is 45.2 Å². The van der Waals surface area contributed by atoms with Gasteiger partial charge in [-0.15, -0.1) is 0 Å². The molecule has 28 heavy (non-hydrogen) atoms. The van der Waals surface area contributed by atoms with Crippen molar-refractivity contribution in [3.63, 3.8) is 0 Å². The van der Waals surface area contributed by atoms with Crippen LogP contribution in [0.4, 0.5) is 5.69 Å². The molecule has 150 valence electrons. The Kier molecular flexibility index (Phi) is 5.90. The molecule has 0 saturated carbocycles. The Bertz CT molecular complexity index is 901. The molecule has 0 atom stereocenters. The summed E-state index contributed by atoms with van der Waals surface area (Å²) in [5.74, 6) is -0.495. The zero-order valence-corrected chi connectivity index (χ0v) is 18.2. The Labute approximate surface area is 173 Å². The highest BCUT2D eigenvalue weighted by Gasteiger charge is 2.24. The number of benzene rings is 1. The second-order valence-electron chi connectivity index (χ2n) is 7.91. The lowest BCUT2D eigenvalue weighted by atomic mass is 10.2. The monoisotopic (exact) mass is 448 g/mol. The summed E-state index contributed by atoms with van der Waals surface area (Å²) in [7, 11) is 0. The van der Waals surface area contributed by atoms with Crippen molar-refractivity contribution in [2.45, 2.75) is 46.4 Å². The number of hydrogen-bond donors (Lipinski definition) is 1. The van der Waals surface area contributed by atoms with E-state index in [0.29, 0.717) is 25.3 Å². The Hall–Kier alpha value is -2.19. The Morgan fingerprint density at radius 1 is 1.29 bits per heavy atom. The molecule has 1 aromatic heterocycles. The number of halogens is 1. The van der Waals surface area contributed by atoms with E-state index in [9.17, 15) is 9.59 Å². The number of aromatic nitrogens is 2. The number of fused-ring (bicyclic) bond motifs is 1. The lowest BCUT2D eigenvalue weighted by Crippen LogP contribution is -2.39. The molecule has 3 rings (SSSR count). The predicted octanol–water partition coefficient (Wildman–Crippen LogP) is 3.36. The van der Waals surface area contributed by atoms with Crippen molar-refractivity contribution in [1.82, 2.24) is 14.7 Å². The van der Waals surface area contributed by atoms with Gasteiger partial charge in [0.1, 0.15) is 5.60 Å². The maximum atomic E-state index is 12.6. The second kappa shape index (κ2) is 8.05. The first-order chi connectivity index (χ1) is 13.1. The third-order valence-corrected chi connectivity index (χ3v) is 5.26. The summed E-state index contributed by atoms with van der Waals surface area (Å²) in [4.78, 5) is 26.7. The van der Waals surface area contributed by atoms with Crippen LogP contribution in [-0.2, 0) is 22.6 Å². The standard InChI is InChI=1S/C20H25BrN4O3/c1-13-15(21)6-5-7-16(13)22-19(27)17-10-14-11-24(8-9-25(14)23-17)12-18(26)28-20(2,3)4/h5-7,10H,8-9,11-12H2,1-4H3,(H,22,27). The second-order valence-corrected chi connectivity index (χ2v) is 8.76. The van der Waals surface area contributed by atoms with Gasteiger partial charge < -0.3 is 10.1 Å². The van der Waals surface area contributed by atoms with Crippen LogP contribution < -0.4 is 5.32 Å². The highest BCUT2D eigenvalue weighted by Crippen LogP contribution is 2.24. The van der Waals surface area contributed by atoms with Gasteiger partial charge in [-0.1, -0.05) is 22.0 Å². The maximum absolute atomic E-state index is 12.6. The van der Waals surface area contributed by atoms with E-state index in [2.05, 4.69) is 26.3 Å². The highest BCUT2D eigenvalue weighted by atomic mass is 79.9. The van der Waals surface area contributed by atoms with Gasteiger partial charge in [0, 0.05) is 23.2 Å². The average molecular weight is 449 g/mol. The number of anilines is 1. The van der Waals surface area contributed by atoms with Crippen molar-refractivity contribution in [3.8, 4) is 0 Å². The van der Waals surface area contributed by atoms with Crippen molar-refractivity contribution in [2.24, 2.45) is 0 Å². The van der Waals surface area contributed by atoms with Crippen molar-refractivity contribution in [2.75, 3.05) is 18.4 Å². The number of carbonyl (C=O) groups is 2. The van der Waals surface area contributed by atoms with Gasteiger partial charge in [-0.2, -0.15) is 5.10 Å². The SMILES string of the molecule is Cc1c(Br)cccc1NC(=O)c1cc2n(n1)CCN(CC(=O)OC(C)(C)C)C2.